The molecule has 0 bridgehead atoms. The average Bonchev–Trinajstić information content (AvgIpc) is 2.55. The number of carbonyl (C=O) groups is 2. The molecule has 0 unspecified atom stereocenters. The Balaban J connectivity index is 1.94. The first-order valence-electron chi connectivity index (χ1n) is 7.61. The fraction of sp³-hybridized carbons (Fsp3) is 0.222. The molecule has 0 heterocycles. The van der Waals surface area contributed by atoms with Crippen molar-refractivity contribution in [3.05, 3.63) is 65.5 Å². The van der Waals surface area contributed by atoms with Gasteiger partial charge in [-0.15, -0.1) is 0 Å². The standard InChI is InChI=1S/C18H17F3N2O2/c1-12(24)23(17-7-6-15(20)10-16(17)21)11-18(25)22-9-8-13-2-4-14(19)5-3-13/h2-7,10H,8-9,11H2,1H3,(H,22,25). The van der Waals surface area contributed by atoms with E-state index in [0.717, 1.165) is 22.6 Å². The number of halogens is 3. The molecule has 0 atom stereocenters. The second-order valence-corrected chi connectivity index (χ2v) is 5.43. The molecule has 2 aromatic carbocycles. The second-order valence-electron chi connectivity index (χ2n) is 5.43. The van der Waals surface area contributed by atoms with E-state index in [1.54, 1.807) is 12.1 Å². The summed E-state index contributed by atoms with van der Waals surface area (Å²) in [6.07, 6.45) is 0.483. The summed E-state index contributed by atoms with van der Waals surface area (Å²) in [5.74, 6) is -3.06. The minimum absolute atomic E-state index is 0.164. The van der Waals surface area contributed by atoms with Crippen molar-refractivity contribution in [3.8, 4) is 0 Å². The first-order chi connectivity index (χ1) is 11.9. The molecule has 0 aliphatic heterocycles. The van der Waals surface area contributed by atoms with Crippen molar-refractivity contribution < 1.29 is 22.8 Å². The van der Waals surface area contributed by atoms with Crippen LogP contribution in [0, 0.1) is 17.5 Å². The number of hydrogen-bond acceptors (Lipinski definition) is 2. The van der Waals surface area contributed by atoms with Gasteiger partial charge in [0.2, 0.25) is 11.8 Å². The van der Waals surface area contributed by atoms with E-state index < -0.39 is 23.4 Å². The van der Waals surface area contributed by atoms with Gasteiger partial charge in [-0.25, -0.2) is 13.2 Å². The van der Waals surface area contributed by atoms with Gasteiger partial charge in [0.25, 0.3) is 0 Å². The Kier molecular flexibility index (Phi) is 6.16. The highest BCUT2D eigenvalue weighted by Crippen LogP contribution is 2.20. The minimum Gasteiger partial charge on any atom is -0.354 e. The molecule has 0 aliphatic carbocycles. The molecule has 25 heavy (non-hydrogen) atoms. The molecule has 0 fully saturated rings. The van der Waals surface area contributed by atoms with Crippen LogP contribution in [0.4, 0.5) is 18.9 Å². The molecule has 1 N–H and O–H groups in total. The third-order valence-corrected chi connectivity index (χ3v) is 3.53. The molecular formula is C18H17F3N2O2. The summed E-state index contributed by atoms with van der Waals surface area (Å²) in [7, 11) is 0. The van der Waals surface area contributed by atoms with Crippen molar-refractivity contribution in [1.82, 2.24) is 5.32 Å². The zero-order chi connectivity index (χ0) is 18.4. The van der Waals surface area contributed by atoms with Gasteiger partial charge >= 0.3 is 0 Å². The average molecular weight is 350 g/mol. The Morgan fingerprint density at radius 3 is 2.24 bits per heavy atom. The fourth-order valence-electron chi connectivity index (χ4n) is 2.26. The van der Waals surface area contributed by atoms with Gasteiger partial charge in [0.15, 0.2) is 0 Å². The monoisotopic (exact) mass is 350 g/mol. The smallest absolute Gasteiger partial charge is 0.240 e. The van der Waals surface area contributed by atoms with Crippen LogP contribution in [0.5, 0.6) is 0 Å². The lowest BCUT2D eigenvalue weighted by molar-refractivity contribution is -0.123. The van der Waals surface area contributed by atoms with Crippen LogP contribution in [0.2, 0.25) is 0 Å². The molecule has 2 amide bonds. The van der Waals surface area contributed by atoms with E-state index >= 15 is 0 Å². The maximum Gasteiger partial charge on any atom is 0.240 e. The van der Waals surface area contributed by atoms with E-state index in [9.17, 15) is 22.8 Å². The van der Waals surface area contributed by atoms with Crippen molar-refractivity contribution >= 4 is 17.5 Å². The number of hydrogen-bond donors (Lipinski definition) is 1. The van der Waals surface area contributed by atoms with Gasteiger partial charge in [0.1, 0.15) is 24.0 Å². The van der Waals surface area contributed by atoms with Crippen LogP contribution < -0.4 is 10.2 Å². The Labute approximate surface area is 143 Å². The number of amides is 2. The Morgan fingerprint density at radius 2 is 1.64 bits per heavy atom. The highest BCUT2D eigenvalue weighted by atomic mass is 19.1. The van der Waals surface area contributed by atoms with E-state index in [1.807, 2.05) is 0 Å². The highest BCUT2D eigenvalue weighted by Gasteiger charge is 2.19. The van der Waals surface area contributed by atoms with E-state index in [1.165, 1.54) is 19.1 Å². The molecule has 0 spiro atoms. The van der Waals surface area contributed by atoms with Crippen LogP contribution in [-0.2, 0) is 16.0 Å². The summed E-state index contributed by atoms with van der Waals surface area (Å²) < 4.78 is 39.6. The van der Waals surface area contributed by atoms with Gasteiger partial charge < -0.3 is 10.2 Å². The van der Waals surface area contributed by atoms with E-state index in [2.05, 4.69) is 5.32 Å². The molecular weight excluding hydrogens is 333 g/mol. The third-order valence-electron chi connectivity index (χ3n) is 3.53. The first-order valence-corrected chi connectivity index (χ1v) is 7.61. The molecule has 4 nitrogen and oxygen atoms in total. The highest BCUT2D eigenvalue weighted by molar-refractivity contribution is 5.97. The molecule has 2 aromatic rings. The maximum atomic E-state index is 13.8. The zero-order valence-electron chi connectivity index (χ0n) is 13.6. The Bertz CT molecular complexity index is 763. The summed E-state index contributed by atoms with van der Waals surface area (Å²) in [5.41, 5.74) is 0.678. The number of benzene rings is 2. The molecule has 0 saturated heterocycles. The van der Waals surface area contributed by atoms with Gasteiger partial charge in [0.05, 0.1) is 5.69 Å². The SMILES string of the molecule is CC(=O)N(CC(=O)NCCc1ccc(F)cc1)c1ccc(F)cc1F. The maximum absolute atomic E-state index is 13.8. The fourth-order valence-corrected chi connectivity index (χ4v) is 2.26. The van der Waals surface area contributed by atoms with Crippen molar-refractivity contribution in [2.45, 2.75) is 13.3 Å². The summed E-state index contributed by atoms with van der Waals surface area (Å²) >= 11 is 0. The number of nitrogens with one attached hydrogen (secondary N) is 1. The van der Waals surface area contributed by atoms with Crippen LogP contribution >= 0.6 is 0 Å². The topological polar surface area (TPSA) is 49.4 Å². The Hall–Kier alpha value is -2.83. The van der Waals surface area contributed by atoms with Crippen LogP contribution in [0.25, 0.3) is 0 Å². The third kappa shape index (κ3) is 5.34. The van der Waals surface area contributed by atoms with E-state index in [-0.39, 0.29) is 24.6 Å². The second kappa shape index (κ2) is 8.32. The molecule has 0 aliphatic rings. The van der Waals surface area contributed by atoms with Gasteiger partial charge in [-0.05, 0) is 36.2 Å². The van der Waals surface area contributed by atoms with Crippen molar-refractivity contribution in [3.63, 3.8) is 0 Å². The van der Waals surface area contributed by atoms with Gasteiger partial charge in [0, 0.05) is 19.5 Å². The number of nitrogens with zero attached hydrogens (tertiary/aromatic N) is 1. The van der Waals surface area contributed by atoms with Gasteiger partial charge in [-0.3, -0.25) is 9.59 Å². The largest absolute Gasteiger partial charge is 0.354 e. The summed E-state index contributed by atoms with van der Waals surface area (Å²) in [5, 5.41) is 2.61. The quantitative estimate of drug-likeness (QED) is 0.871. The molecule has 7 heteroatoms. The number of rotatable bonds is 6. The van der Waals surface area contributed by atoms with Gasteiger partial charge in [-0.2, -0.15) is 0 Å². The lowest BCUT2D eigenvalue weighted by Gasteiger charge is -2.21. The molecule has 0 saturated carbocycles. The summed E-state index contributed by atoms with van der Waals surface area (Å²) in [6.45, 7) is 1.08. The number of anilines is 1. The van der Waals surface area contributed by atoms with E-state index in [0.29, 0.717) is 12.5 Å². The molecule has 132 valence electrons. The van der Waals surface area contributed by atoms with Crippen LogP contribution in [0.3, 0.4) is 0 Å². The van der Waals surface area contributed by atoms with Gasteiger partial charge in [-0.1, -0.05) is 12.1 Å². The lowest BCUT2D eigenvalue weighted by atomic mass is 10.1. The molecule has 2 rings (SSSR count). The van der Waals surface area contributed by atoms with E-state index in [4.69, 9.17) is 0 Å². The summed E-state index contributed by atoms with van der Waals surface area (Å²) in [6, 6.07) is 8.64. The zero-order valence-corrected chi connectivity index (χ0v) is 13.6. The molecule has 0 aromatic heterocycles. The van der Waals surface area contributed by atoms with Crippen LogP contribution in [-0.4, -0.2) is 24.9 Å². The van der Waals surface area contributed by atoms with Crippen molar-refractivity contribution in [1.29, 1.82) is 0 Å². The van der Waals surface area contributed by atoms with Crippen molar-refractivity contribution in [2.24, 2.45) is 0 Å². The predicted octanol–water partition coefficient (Wildman–Crippen LogP) is 2.82. The van der Waals surface area contributed by atoms with Crippen LogP contribution in [0.15, 0.2) is 42.5 Å². The lowest BCUT2D eigenvalue weighted by Crippen LogP contribution is -2.40. The summed E-state index contributed by atoms with van der Waals surface area (Å²) in [4.78, 5) is 24.6. The van der Waals surface area contributed by atoms with Crippen molar-refractivity contribution in [2.75, 3.05) is 18.0 Å². The normalized spacial score (nSPS) is 10.4. The first kappa shape index (κ1) is 18.5. The number of carbonyl (C=O) groups excluding carboxylic acids is 2. The minimum atomic E-state index is -0.922. The Morgan fingerprint density at radius 1 is 1.00 bits per heavy atom. The molecule has 0 radical (unpaired) electrons. The predicted molar refractivity (Wildman–Crippen MR) is 87.5 cm³/mol. The van der Waals surface area contributed by atoms with Crippen LogP contribution in [0.1, 0.15) is 12.5 Å².